The van der Waals surface area contributed by atoms with E-state index in [0.717, 1.165) is 16.7 Å². The molecule has 0 saturated carbocycles. The van der Waals surface area contributed by atoms with E-state index in [4.69, 9.17) is 11.6 Å². The number of rotatable bonds is 5. The van der Waals surface area contributed by atoms with Crippen molar-refractivity contribution in [3.05, 3.63) is 64.2 Å². The van der Waals surface area contributed by atoms with E-state index in [1.807, 2.05) is 51.1 Å². The highest BCUT2D eigenvalue weighted by Crippen LogP contribution is 2.16. The minimum Gasteiger partial charge on any atom is -0.307 e. The van der Waals surface area contributed by atoms with Gasteiger partial charge in [-0.2, -0.15) is 0 Å². The van der Waals surface area contributed by atoms with Gasteiger partial charge in [-0.15, -0.1) is 0 Å². The third-order valence-corrected chi connectivity index (χ3v) is 4.07. The summed E-state index contributed by atoms with van der Waals surface area (Å²) in [6, 6.07) is 12.5. The molecule has 2 aromatic carbocycles. The van der Waals surface area contributed by atoms with Crippen molar-refractivity contribution in [2.24, 2.45) is 0 Å². The molecule has 0 spiro atoms. The van der Waals surface area contributed by atoms with E-state index >= 15 is 0 Å². The van der Waals surface area contributed by atoms with E-state index in [0.29, 0.717) is 10.7 Å². The first-order valence-corrected chi connectivity index (χ1v) is 8.40. The number of carbonyl (C=O) groups is 2. The van der Waals surface area contributed by atoms with Gasteiger partial charge in [-0.1, -0.05) is 41.4 Å². The number of imide groups is 1. The molecule has 5 nitrogen and oxygen atoms in total. The number of halogens is 1. The Balaban J connectivity index is 1.81. The standard InChI is InChI=1S/C19H22ClN3O2/c1-12-4-9-17(13(2)10-12)22-19(25)23-18(24)11-21-14(3)15-5-7-16(20)8-6-15/h4-10,14,21H,11H2,1-3H3,(H2,22,23,24,25)/t14-/m0/s1. The van der Waals surface area contributed by atoms with E-state index in [-0.39, 0.29) is 12.6 Å². The van der Waals surface area contributed by atoms with Crippen LogP contribution in [-0.2, 0) is 4.79 Å². The zero-order valence-corrected chi connectivity index (χ0v) is 15.3. The van der Waals surface area contributed by atoms with Gasteiger partial charge in [0.1, 0.15) is 0 Å². The van der Waals surface area contributed by atoms with Crippen LogP contribution in [0.4, 0.5) is 10.5 Å². The van der Waals surface area contributed by atoms with Crippen LogP contribution < -0.4 is 16.0 Å². The summed E-state index contributed by atoms with van der Waals surface area (Å²) in [5.74, 6) is -0.400. The fourth-order valence-corrected chi connectivity index (χ4v) is 2.52. The zero-order valence-electron chi connectivity index (χ0n) is 14.5. The van der Waals surface area contributed by atoms with Gasteiger partial charge in [0.05, 0.1) is 6.54 Å². The Hall–Kier alpha value is -2.37. The molecule has 0 aliphatic carbocycles. The molecule has 0 bridgehead atoms. The monoisotopic (exact) mass is 359 g/mol. The lowest BCUT2D eigenvalue weighted by molar-refractivity contribution is -0.119. The molecule has 6 heteroatoms. The maximum atomic E-state index is 11.9. The summed E-state index contributed by atoms with van der Waals surface area (Å²) in [6.07, 6.45) is 0. The lowest BCUT2D eigenvalue weighted by atomic mass is 10.1. The quantitative estimate of drug-likeness (QED) is 0.756. The number of hydrogen-bond acceptors (Lipinski definition) is 3. The SMILES string of the molecule is Cc1ccc(NC(=O)NC(=O)CN[C@@H](C)c2ccc(Cl)cc2)c(C)c1. The summed E-state index contributed by atoms with van der Waals surface area (Å²) in [5, 5.41) is 8.73. The van der Waals surface area contributed by atoms with Crippen LogP contribution in [0.25, 0.3) is 0 Å². The van der Waals surface area contributed by atoms with Gasteiger partial charge in [-0.25, -0.2) is 4.79 Å². The molecule has 3 amide bonds. The second-order valence-corrected chi connectivity index (χ2v) is 6.41. The Morgan fingerprint density at radius 3 is 2.40 bits per heavy atom. The third kappa shape index (κ3) is 5.89. The Morgan fingerprint density at radius 2 is 1.76 bits per heavy atom. The van der Waals surface area contributed by atoms with Crippen LogP contribution in [0.15, 0.2) is 42.5 Å². The number of nitrogens with one attached hydrogen (secondary N) is 3. The summed E-state index contributed by atoms with van der Waals surface area (Å²) >= 11 is 5.86. The first-order valence-electron chi connectivity index (χ1n) is 8.02. The molecule has 0 heterocycles. The zero-order chi connectivity index (χ0) is 18.4. The number of anilines is 1. The lowest BCUT2D eigenvalue weighted by Crippen LogP contribution is -2.40. The highest BCUT2D eigenvalue weighted by molar-refractivity contribution is 6.30. The first kappa shape index (κ1) is 19.0. The first-order chi connectivity index (χ1) is 11.8. The second-order valence-electron chi connectivity index (χ2n) is 5.97. The molecule has 2 rings (SSSR count). The molecule has 0 unspecified atom stereocenters. The van der Waals surface area contributed by atoms with Crippen molar-refractivity contribution < 1.29 is 9.59 Å². The predicted molar refractivity (Wildman–Crippen MR) is 101 cm³/mol. The minimum absolute atomic E-state index is 0.0318. The molecule has 0 radical (unpaired) electrons. The van der Waals surface area contributed by atoms with E-state index in [1.165, 1.54) is 0 Å². The van der Waals surface area contributed by atoms with Crippen LogP contribution in [-0.4, -0.2) is 18.5 Å². The number of urea groups is 1. The number of carbonyl (C=O) groups excluding carboxylic acids is 2. The molecule has 1 atom stereocenters. The third-order valence-electron chi connectivity index (χ3n) is 3.82. The molecule has 25 heavy (non-hydrogen) atoms. The Kier molecular flexibility index (Phi) is 6.56. The van der Waals surface area contributed by atoms with Crippen molar-refractivity contribution in [1.29, 1.82) is 0 Å². The molecule has 0 aliphatic rings. The van der Waals surface area contributed by atoms with Gasteiger partial charge < -0.3 is 10.6 Å². The minimum atomic E-state index is -0.544. The molecule has 0 aromatic heterocycles. The molecule has 0 saturated heterocycles. The van der Waals surface area contributed by atoms with Crippen molar-refractivity contribution in [3.63, 3.8) is 0 Å². The Morgan fingerprint density at radius 1 is 1.08 bits per heavy atom. The molecule has 132 valence electrons. The molecule has 3 N–H and O–H groups in total. The Bertz CT molecular complexity index is 760. The molecular formula is C19H22ClN3O2. The van der Waals surface area contributed by atoms with Crippen molar-refractivity contribution in [2.75, 3.05) is 11.9 Å². The summed E-state index contributed by atoms with van der Waals surface area (Å²) in [7, 11) is 0. The van der Waals surface area contributed by atoms with Crippen LogP contribution in [0.2, 0.25) is 5.02 Å². The lowest BCUT2D eigenvalue weighted by Gasteiger charge is -2.14. The molecule has 0 aliphatic heterocycles. The van der Waals surface area contributed by atoms with Crippen molar-refractivity contribution in [2.45, 2.75) is 26.8 Å². The van der Waals surface area contributed by atoms with Crippen LogP contribution in [0.3, 0.4) is 0 Å². The van der Waals surface area contributed by atoms with E-state index < -0.39 is 11.9 Å². The topological polar surface area (TPSA) is 70.2 Å². The van der Waals surface area contributed by atoms with Crippen LogP contribution in [0.1, 0.15) is 29.7 Å². The molecule has 2 aromatic rings. The number of amides is 3. The predicted octanol–water partition coefficient (Wildman–Crippen LogP) is 3.96. The van der Waals surface area contributed by atoms with Crippen LogP contribution in [0.5, 0.6) is 0 Å². The normalized spacial score (nSPS) is 11.7. The van der Waals surface area contributed by atoms with Crippen molar-refractivity contribution in [3.8, 4) is 0 Å². The fraction of sp³-hybridized carbons (Fsp3) is 0.263. The van der Waals surface area contributed by atoms with E-state index in [9.17, 15) is 9.59 Å². The summed E-state index contributed by atoms with van der Waals surface area (Å²) in [5.41, 5.74) is 3.74. The van der Waals surface area contributed by atoms with Crippen molar-refractivity contribution >= 4 is 29.2 Å². The highest BCUT2D eigenvalue weighted by atomic mass is 35.5. The van der Waals surface area contributed by atoms with Crippen LogP contribution >= 0.6 is 11.6 Å². The summed E-state index contributed by atoms with van der Waals surface area (Å²) in [4.78, 5) is 23.8. The molecule has 0 fully saturated rings. The molecular weight excluding hydrogens is 338 g/mol. The van der Waals surface area contributed by atoms with Gasteiger partial charge in [0.25, 0.3) is 0 Å². The summed E-state index contributed by atoms with van der Waals surface area (Å²) < 4.78 is 0. The van der Waals surface area contributed by atoms with Gasteiger partial charge in [0, 0.05) is 16.8 Å². The summed E-state index contributed by atoms with van der Waals surface area (Å²) in [6.45, 7) is 5.85. The van der Waals surface area contributed by atoms with Gasteiger partial charge in [-0.05, 0) is 50.1 Å². The Labute approximate surface area is 152 Å². The van der Waals surface area contributed by atoms with Gasteiger partial charge in [-0.3, -0.25) is 10.1 Å². The average Bonchev–Trinajstić information content (AvgIpc) is 2.56. The number of hydrogen-bond donors (Lipinski definition) is 3. The van der Waals surface area contributed by atoms with E-state index in [2.05, 4.69) is 16.0 Å². The highest BCUT2D eigenvalue weighted by Gasteiger charge is 2.11. The number of benzene rings is 2. The van der Waals surface area contributed by atoms with E-state index in [1.54, 1.807) is 12.1 Å². The smallest absolute Gasteiger partial charge is 0.307 e. The fourth-order valence-electron chi connectivity index (χ4n) is 2.39. The van der Waals surface area contributed by atoms with Gasteiger partial charge in [0.2, 0.25) is 5.91 Å². The van der Waals surface area contributed by atoms with Gasteiger partial charge >= 0.3 is 6.03 Å². The maximum absolute atomic E-state index is 11.9. The average molecular weight is 360 g/mol. The largest absolute Gasteiger partial charge is 0.325 e. The van der Waals surface area contributed by atoms with Gasteiger partial charge in [0.15, 0.2) is 0 Å². The second kappa shape index (κ2) is 8.65. The van der Waals surface area contributed by atoms with Crippen molar-refractivity contribution in [1.82, 2.24) is 10.6 Å². The van der Waals surface area contributed by atoms with Crippen LogP contribution in [0, 0.1) is 13.8 Å². The maximum Gasteiger partial charge on any atom is 0.325 e. The number of aryl methyl sites for hydroxylation is 2.